The molecular weight excluding hydrogens is 170 g/mol. The molecule has 1 aliphatic heterocycles. The van der Waals surface area contributed by atoms with Gasteiger partial charge in [-0.15, -0.1) is 0 Å². The van der Waals surface area contributed by atoms with Gasteiger partial charge in [-0.2, -0.15) is 0 Å². The van der Waals surface area contributed by atoms with Crippen molar-refractivity contribution in [3.63, 3.8) is 0 Å². The lowest BCUT2D eigenvalue weighted by Gasteiger charge is -2.33. The molecule has 2 nitrogen and oxygen atoms in total. The fourth-order valence-electron chi connectivity index (χ4n) is 1.87. The maximum atomic E-state index is 11.0. The van der Waals surface area contributed by atoms with Crippen molar-refractivity contribution in [1.29, 1.82) is 0 Å². The third-order valence-corrected chi connectivity index (χ3v) is 3.55. The van der Waals surface area contributed by atoms with Gasteiger partial charge in [-0.1, -0.05) is 6.92 Å². The van der Waals surface area contributed by atoms with Gasteiger partial charge >= 0.3 is 0 Å². The van der Waals surface area contributed by atoms with Gasteiger partial charge in [0.2, 0.25) is 0 Å². The zero-order valence-electron chi connectivity index (χ0n) is 8.17. The van der Waals surface area contributed by atoms with Crippen molar-refractivity contribution in [3.05, 3.63) is 0 Å². The molecule has 0 radical (unpaired) electrons. The summed E-state index contributed by atoms with van der Waals surface area (Å²) in [5.41, 5.74) is 0. The van der Waals surface area contributed by atoms with Gasteiger partial charge in [0.25, 0.3) is 0 Å². The van der Waals surface area contributed by atoms with E-state index in [1.54, 1.807) is 6.26 Å². The van der Waals surface area contributed by atoms with Crippen molar-refractivity contribution in [2.45, 2.75) is 26.3 Å². The summed E-state index contributed by atoms with van der Waals surface area (Å²) in [4.78, 5) is 0. The average Bonchev–Trinajstić information content (AvgIpc) is 1.96. The van der Waals surface area contributed by atoms with Crippen LogP contribution in [0.25, 0.3) is 0 Å². The highest BCUT2D eigenvalue weighted by Crippen LogP contribution is 2.21. The third-order valence-electron chi connectivity index (χ3n) is 2.65. The molecule has 0 aromatic carbocycles. The van der Waals surface area contributed by atoms with Gasteiger partial charge in [-0.05, 0) is 31.7 Å². The van der Waals surface area contributed by atoms with Crippen LogP contribution in [-0.4, -0.2) is 28.8 Å². The summed E-state index contributed by atoms with van der Waals surface area (Å²) in [5, 5.41) is 3.45. The van der Waals surface area contributed by atoms with E-state index in [0.29, 0.717) is 12.0 Å². The molecule has 4 unspecified atom stereocenters. The van der Waals surface area contributed by atoms with E-state index < -0.39 is 10.8 Å². The maximum Gasteiger partial charge on any atom is 0.0275 e. The smallest absolute Gasteiger partial charge is 0.0275 e. The van der Waals surface area contributed by atoms with Crippen molar-refractivity contribution in [2.24, 2.45) is 11.8 Å². The van der Waals surface area contributed by atoms with Crippen LogP contribution in [0.4, 0.5) is 0 Å². The molecule has 1 fully saturated rings. The molecular formula is C9H19NOS. The minimum absolute atomic E-state index is 0.546. The Hall–Kier alpha value is 0.110. The molecule has 3 heteroatoms. The molecule has 1 rings (SSSR count). The molecule has 0 amide bonds. The van der Waals surface area contributed by atoms with Crippen LogP contribution in [0.5, 0.6) is 0 Å². The predicted molar refractivity (Wildman–Crippen MR) is 53.7 cm³/mol. The Morgan fingerprint density at radius 2 is 2.17 bits per heavy atom. The van der Waals surface area contributed by atoms with Crippen molar-refractivity contribution in [2.75, 3.05) is 18.6 Å². The van der Waals surface area contributed by atoms with Crippen molar-refractivity contribution in [3.8, 4) is 0 Å². The second-order valence-corrected chi connectivity index (χ2v) is 5.52. The Morgan fingerprint density at radius 3 is 2.75 bits per heavy atom. The van der Waals surface area contributed by atoms with E-state index in [1.165, 1.54) is 6.42 Å². The number of hydrogen-bond donors (Lipinski definition) is 1. The van der Waals surface area contributed by atoms with E-state index in [9.17, 15) is 4.21 Å². The zero-order chi connectivity index (χ0) is 9.14. The summed E-state index contributed by atoms with van der Waals surface area (Å²) in [5.74, 6) is 2.22. The summed E-state index contributed by atoms with van der Waals surface area (Å²) >= 11 is 0. The third kappa shape index (κ3) is 2.87. The Kier molecular flexibility index (Phi) is 3.72. The van der Waals surface area contributed by atoms with E-state index in [2.05, 4.69) is 19.2 Å². The fraction of sp³-hybridized carbons (Fsp3) is 1.00. The van der Waals surface area contributed by atoms with Crippen LogP contribution < -0.4 is 5.32 Å². The Morgan fingerprint density at radius 1 is 1.50 bits per heavy atom. The number of piperidine rings is 1. The zero-order valence-corrected chi connectivity index (χ0v) is 8.99. The molecule has 1 N–H and O–H groups in total. The molecule has 72 valence electrons. The molecule has 0 aliphatic carbocycles. The lowest BCUT2D eigenvalue weighted by atomic mass is 9.88. The Balaban J connectivity index is 2.43. The first-order chi connectivity index (χ1) is 5.59. The highest BCUT2D eigenvalue weighted by atomic mass is 32.2. The van der Waals surface area contributed by atoms with Crippen LogP contribution in [0.1, 0.15) is 20.3 Å². The lowest BCUT2D eigenvalue weighted by molar-refractivity contribution is 0.260. The van der Waals surface area contributed by atoms with Crippen LogP contribution >= 0.6 is 0 Å². The normalized spacial score (nSPS) is 39.4. The average molecular weight is 189 g/mol. The van der Waals surface area contributed by atoms with E-state index in [1.807, 2.05) is 0 Å². The SMILES string of the molecule is CC1CNC(C)C(CS(C)=O)C1. The molecule has 1 saturated heterocycles. The van der Waals surface area contributed by atoms with Crippen LogP contribution in [0.15, 0.2) is 0 Å². The van der Waals surface area contributed by atoms with Crippen molar-refractivity contribution in [1.82, 2.24) is 5.32 Å². The van der Waals surface area contributed by atoms with Crippen molar-refractivity contribution >= 4 is 10.8 Å². The topological polar surface area (TPSA) is 29.1 Å². The molecule has 0 aromatic heterocycles. The first-order valence-corrected chi connectivity index (χ1v) is 6.35. The quantitative estimate of drug-likeness (QED) is 0.702. The maximum absolute atomic E-state index is 11.0. The molecule has 0 bridgehead atoms. The van der Waals surface area contributed by atoms with Gasteiger partial charge in [-0.3, -0.25) is 4.21 Å². The fourth-order valence-corrected chi connectivity index (χ4v) is 2.90. The van der Waals surface area contributed by atoms with E-state index >= 15 is 0 Å². The summed E-state index contributed by atoms with van der Waals surface area (Å²) in [6.45, 7) is 5.57. The minimum atomic E-state index is -0.639. The summed E-state index contributed by atoms with van der Waals surface area (Å²) in [6.07, 6.45) is 3.03. The second kappa shape index (κ2) is 4.38. The number of rotatable bonds is 2. The number of nitrogens with one attached hydrogen (secondary N) is 1. The van der Waals surface area contributed by atoms with Gasteiger partial charge in [0.1, 0.15) is 0 Å². The van der Waals surface area contributed by atoms with Gasteiger partial charge in [0.05, 0.1) is 0 Å². The summed E-state index contributed by atoms with van der Waals surface area (Å²) in [7, 11) is -0.639. The first-order valence-electron chi connectivity index (χ1n) is 4.63. The van der Waals surface area contributed by atoms with Crippen LogP contribution in [0, 0.1) is 11.8 Å². The van der Waals surface area contributed by atoms with E-state index in [4.69, 9.17) is 0 Å². The largest absolute Gasteiger partial charge is 0.314 e. The van der Waals surface area contributed by atoms with Crippen molar-refractivity contribution < 1.29 is 4.21 Å². The van der Waals surface area contributed by atoms with Gasteiger partial charge < -0.3 is 5.32 Å². The monoisotopic (exact) mass is 189 g/mol. The molecule has 1 aliphatic rings. The molecule has 0 saturated carbocycles. The molecule has 0 spiro atoms. The molecule has 12 heavy (non-hydrogen) atoms. The Bertz CT molecular complexity index is 172. The van der Waals surface area contributed by atoms with Crippen LogP contribution in [0.2, 0.25) is 0 Å². The van der Waals surface area contributed by atoms with Crippen LogP contribution in [0.3, 0.4) is 0 Å². The standard InChI is InChI=1S/C9H19NOS/c1-7-4-9(6-12(3)11)8(2)10-5-7/h7-10H,4-6H2,1-3H3. The van der Waals surface area contributed by atoms with E-state index in [0.717, 1.165) is 18.2 Å². The lowest BCUT2D eigenvalue weighted by Crippen LogP contribution is -2.44. The highest BCUT2D eigenvalue weighted by Gasteiger charge is 2.25. The Labute approximate surface area is 77.6 Å². The molecule has 0 aromatic rings. The van der Waals surface area contributed by atoms with Gasteiger partial charge in [0, 0.05) is 28.9 Å². The van der Waals surface area contributed by atoms with Crippen LogP contribution in [-0.2, 0) is 10.8 Å². The molecule has 1 heterocycles. The predicted octanol–water partition coefficient (Wildman–Crippen LogP) is 0.999. The molecule has 4 atom stereocenters. The minimum Gasteiger partial charge on any atom is -0.314 e. The summed E-state index contributed by atoms with van der Waals surface area (Å²) < 4.78 is 11.0. The number of hydrogen-bond acceptors (Lipinski definition) is 2. The second-order valence-electron chi connectivity index (χ2n) is 4.04. The first kappa shape index (κ1) is 10.2. The summed E-state index contributed by atoms with van der Waals surface area (Å²) in [6, 6.07) is 0.546. The van der Waals surface area contributed by atoms with Gasteiger partial charge in [0.15, 0.2) is 0 Å². The highest BCUT2D eigenvalue weighted by molar-refractivity contribution is 7.84. The van der Waals surface area contributed by atoms with Gasteiger partial charge in [-0.25, -0.2) is 0 Å². The van der Waals surface area contributed by atoms with E-state index in [-0.39, 0.29) is 0 Å².